The zero-order valence-electron chi connectivity index (χ0n) is 10.3. The lowest BCUT2D eigenvalue weighted by molar-refractivity contribution is -0.115. The molecule has 0 fully saturated rings. The van der Waals surface area contributed by atoms with E-state index >= 15 is 0 Å². The molecule has 0 heterocycles. The third-order valence-corrected chi connectivity index (χ3v) is 2.21. The molecule has 1 aromatic rings. The summed E-state index contributed by atoms with van der Waals surface area (Å²) >= 11 is 5.72. The average molecular weight is 270 g/mol. The zero-order chi connectivity index (χ0) is 13.5. The molecule has 18 heavy (non-hydrogen) atoms. The first-order valence-corrected chi connectivity index (χ1v) is 5.95. The second-order valence-corrected chi connectivity index (χ2v) is 4.47. The highest BCUT2D eigenvalue weighted by Crippen LogP contribution is 2.12. The fourth-order valence-corrected chi connectivity index (χ4v) is 1.34. The largest absolute Gasteiger partial charge is 0.336 e. The molecular weight excluding hydrogens is 254 g/mol. The van der Waals surface area contributed by atoms with Gasteiger partial charge in [0.15, 0.2) is 0 Å². The minimum Gasteiger partial charge on any atom is -0.336 e. The van der Waals surface area contributed by atoms with Crippen molar-refractivity contribution < 1.29 is 9.59 Å². The van der Waals surface area contributed by atoms with Crippen molar-refractivity contribution in [1.82, 2.24) is 10.6 Å². The summed E-state index contributed by atoms with van der Waals surface area (Å²) in [5, 5.41) is 8.32. The van der Waals surface area contributed by atoms with Gasteiger partial charge in [-0.05, 0) is 38.1 Å². The van der Waals surface area contributed by atoms with Crippen molar-refractivity contribution in [3.63, 3.8) is 0 Å². The van der Waals surface area contributed by atoms with Crippen molar-refractivity contribution in [2.75, 3.05) is 11.9 Å². The highest BCUT2D eigenvalue weighted by molar-refractivity contribution is 6.30. The van der Waals surface area contributed by atoms with Crippen molar-refractivity contribution in [2.24, 2.45) is 0 Å². The molecule has 1 rings (SSSR count). The average Bonchev–Trinajstić information content (AvgIpc) is 2.29. The van der Waals surface area contributed by atoms with Crippen molar-refractivity contribution in [3.8, 4) is 0 Å². The molecule has 0 aliphatic rings. The van der Waals surface area contributed by atoms with Crippen LogP contribution in [0, 0.1) is 0 Å². The van der Waals surface area contributed by atoms with Crippen LogP contribution in [0.4, 0.5) is 10.5 Å². The summed E-state index contributed by atoms with van der Waals surface area (Å²) in [5.74, 6) is -0.295. The molecule has 3 amide bonds. The van der Waals surface area contributed by atoms with Crippen LogP contribution in [-0.2, 0) is 4.79 Å². The van der Waals surface area contributed by atoms with Crippen LogP contribution in [0.25, 0.3) is 0 Å². The maximum absolute atomic E-state index is 11.5. The Morgan fingerprint density at radius 1 is 1.22 bits per heavy atom. The highest BCUT2D eigenvalue weighted by Gasteiger charge is 2.06. The number of carbonyl (C=O) groups is 2. The van der Waals surface area contributed by atoms with Gasteiger partial charge >= 0.3 is 6.03 Å². The van der Waals surface area contributed by atoms with Gasteiger partial charge in [0.1, 0.15) is 0 Å². The van der Waals surface area contributed by atoms with Gasteiger partial charge in [0.25, 0.3) is 0 Å². The number of benzene rings is 1. The van der Waals surface area contributed by atoms with Gasteiger partial charge in [-0.25, -0.2) is 4.79 Å². The molecule has 0 atom stereocenters. The van der Waals surface area contributed by atoms with E-state index in [0.717, 1.165) is 0 Å². The summed E-state index contributed by atoms with van der Waals surface area (Å²) < 4.78 is 0. The Kier molecular flexibility index (Phi) is 5.45. The molecule has 1 aromatic carbocycles. The van der Waals surface area contributed by atoms with E-state index in [2.05, 4.69) is 16.0 Å². The number of hydrogen-bond acceptors (Lipinski definition) is 2. The molecule has 0 bridgehead atoms. The summed E-state index contributed by atoms with van der Waals surface area (Å²) in [4.78, 5) is 22.7. The molecule has 0 spiro atoms. The van der Waals surface area contributed by atoms with Crippen LogP contribution in [0.3, 0.4) is 0 Å². The normalized spacial score (nSPS) is 10.0. The number of carbonyl (C=O) groups excluding carboxylic acids is 2. The lowest BCUT2D eigenvalue weighted by Crippen LogP contribution is -2.42. The Labute approximate surface area is 111 Å². The predicted molar refractivity (Wildman–Crippen MR) is 71.8 cm³/mol. The van der Waals surface area contributed by atoms with Gasteiger partial charge in [-0.3, -0.25) is 4.79 Å². The van der Waals surface area contributed by atoms with Crippen molar-refractivity contribution >= 4 is 29.2 Å². The predicted octanol–water partition coefficient (Wildman–Crippen LogP) is 1.99. The van der Waals surface area contributed by atoms with Crippen LogP contribution >= 0.6 is 11.6 Å². The molecule has 0 aliphatic carbocycles. The van der Waals surface area contributed by atoms with E-state index in [0.29, 0.717) is 10.7 Å². The second-order valence-electron chi connectivity index (χ2n) is 4.04. The zero-order valence-corrected chi connectivity index (χ0v) is 11.0. The van der Waals surface area contributed by atoms with Crippen LogP contribution in [-0.4, -0.2) is 24.5 Å². The molecule has 0 aromatic heterocycles. The van der Waals surface area contributed by atoms with Gasteiger partial charge in [-0.15, -0.1) is 0 Å². The fourth-order valence-electron chi connectivity index (χ4n) is 1.21. The summed E-state index contributed by atoms with van der Waals surface area (Å²) in [7, 11) is 0. The van der Waals surface area contributed by atoms with Gasteiger partial charge in [-0.2, -0.15) is 0 Å². The molecule has 0 saturated carbocycles. The third kappa shape index (κ3) is 5.54. The summed E-state index contributed by atoms with van der Waals surface area (Å²) in [6, 6.07) is 6.40. The Morgan fingerprint density at radius 3 is 2.39 bits per heavy atom. The Morgan fingerprint density at radius 2 is 1.83 bits per heavy atom. The van der Waals surface area contributed by atoms with E-state index in [1.54, 1.807) is 24.3 Å². The van der Waals surface area contributed by atoms with Gasteiger partial charge in [0.05, 0.1) is 6.54 Å². The Balaban J connectivity index is 2.34. The number of nitrogens with one attached hydrogen (secondary N) is 3. The molecule has 0 unspecified atom stereocenters. The maximum atomic E-state index is 11.5. The first-order valence-electron chi connectivity index (χ1n) is 5.57. The van der Waals surface area contributed by atoms with Crippen LogP contribution in [0.5, 0.6) is 0 Å². The van der Waals surface area contributed by atoms with E-state index in [1.807, 2.05) is 13.8 Å². The maximum Gasteiger partial charge on any atom is 0.315 e. The Bertz CT molecular complexity index is 418. The van der Waals surface area contributed by atoms with E-state index in [9.17, 15) is 9.59 Å². The summed E-state index contributed by atoms with van der Waals surface area (Å²) in [5.41, 5.74) is 0.635. The second kappa shape index (κ2) is 6.86. The van der Waals surface area contributed by atoms with Gasteiger partial charge < -0.3 is 16.0 Å². The number of rotatable bonds is 4. The van der Waals surface area contributed by atoms with Gasteiger partial charge in [-0.1, -0.05) is 11.6 Å². The minimum atomic E-state index is -0.365. The monoisotopic (exact) mass is 269 g/mol. The standard InChI is InChI=1S/C12H16ClN3O2/c1-8(2)15-12(18)14-7-11(17)16-10-5-3-9(13)4-6-10/h3-6,8H,7H2,1-2H3,(H,16,17)(H2,14,15,18). The topological polar surface area (TPSA) is 70.2 Å². The lowest BCUT2D eigenvalue weighted by Gasteiger charge is -2.10. The SMILES string of the molecule is CC(C)NC(=O)NCC(=O)Nc1ccc(Cl)cc1. The van der Waals surface area contributed by atoms with E-state index < -0.39 is 0 Å². The third-order valence-electron chi connectivity index (χ3n) is 1.96. The number of hydrogen-bond donors (Lipinski definition) is 3. The smallest absolute Gasteiger partial charge is 0.315 e. The molecule has 0 radical (unpaired) electrons. The molecule has 0 aliphatic heterocycles. The van der Waals surface area contributed by atoms with Crippen molar-refractivity contribution in [1.29, 1.82) is 0 Å². The Hall–Kier alpha value is -1.75. The summed E-state index contributed by atoms with van der Waals surface area (Å²) in [6.07, 6.45) is 0. The first-order chi connectivity index (χ1) is 8.47. The van der Waals surface area contributed by atoms with Gasteiger partial charge in [0.2, 0.25) is 5.91 Å². The molecule has 98 valence electrons. The van der Waals surface area contributed by atoms with Gasteiger partial charge in [0, 0.05) is 16.8 Å². The highest BCUT2D eigenvalue weighted by atomic mass is 35.5. The van der Waals surface area contributed by atoms with E-state index in [1.165, 1.54) is 0 Å². The number of amides is 3. The first kappa shape index (κ1) is 14.3. The number of urea groups is 1. The molecular formula is C12H16ClN3O2. The molecule has 5 nitrogen and oxygen atoms in total. The van der Waals surface area contributed by atoms with Crippen molar-refractivity contribution in [2.45, 2.75) is 19.9 Å². The quantitative estimate of drug-likeness (QED) is 0.782. The molecule has 3 N–H and O–H groups in total. The minimum absolute atomic E-state index is 0.0318. The van der Waals surface area contributed by atoms with Crippen LogP contribution < -0.4 is 16.0 Å². The lowest BCUT2D eigenvalue weighted by atomic mass is 10.3. The fraction of sp³-hybridized carbons (Fsp3) is 0.333. The van der Waals surface area contributed by atoms with E-state index in [4.69, 9.17) is 11.6 Å². The van der Waals surface area contributed by atoms with Crippen LogP contribution in [0.2, 0.25) is 5.02 Å². The number of halogens is 1. The van der Waals surface area contributed by atoms with E-state index in [-0.39, 0.29) is 24.5 Å². The van der Waals surface area contributed by atoms with Crippen LogP contribution in [0.1, 0.15) is 13.8 Å². The number of anilines is 1. The molecule has 0 saturated heterocycles. The van der Waals surface area contributed by atoms with Crippen LogP contribution in [0.15, 0.2) is 24.3 Å². The summed E-state index contributed by atoms with van der Waals surface area (Å²) in [6.45, 7) is 3.60. The van der Waals surface area contributed by atoms with Crippen molar-refractivity contribution in [3.05, 3.63) is 29.3 Å². The molecule has 6 heteroatoms.